The Balaban J connectivity index is 3.38. The van der Waals surface area contributed by atoms with Gasteiger partial charge in [-0.15, -0.1) is 0 Å². The Morgan fingerprint density at radius 1 is 1.00 bits per heavy atom. The summed E-state index contributed by atoms with van der Waals surface area (Å²) < 4.78 is 0. The Morgan fingerprint density at radius 3 is 1.50 bits per heavy atom. The first kappa shape index (κ1) is 8.54. The summed E-state index contributed by atoms with van der Waals surface area (Å²) in [7, 11) is 0. The number of carbonyl (C=O) groups excluding carboxylic acids is 2. The minimum absolute atomic E-state index is 0.629. The molecule has 0 aromatic heterocycles. The van der Waals surface area contributed by atoms with E-state index in [0.717, 1.165) is 13.8 Å². The van der Waals surface area contributed by atoms with Crippen molar-refractivity contribution in [1.82, 2.24) is 0 Å². The van der Waals surface area contributed by atoms with Gasteiger partial charge < -0.3 is 0 Å². The van der Waals surface area contributed by atoms with Crippen molar-refractivity contribution >= 4 is 11.9 Å². The lowest BCUT2D eigenvalue weighted by Gasteiger charge is -1.86. The average Bonchev–Trinajstić information content (AvgIpc) is 1.79. The van der Waals surface area contributed by atoms with Gasteiger partial charge in [-0.3, -0.25) is 9.68 Å². The molecule has 0 radical (unpaired) electrons. The lowest BCUT2D eigenvalue weighted by Crippen LogP contribution is -1.92. The van der Waals surface area contributed by atoms with E-state index >= 15 is 0 Å². The van der Waals surface area contributed by atoms with Gasteiger partial charge >= 0.3 is 11.9 Å². The third kappa shape index (κ3) is 6.54. The largest absolute Gasteiger partial charge is 0.334 e. The van der Waals surface area contributed by atoms with Crippen molar-refractivity contribution in [2.45, 2.75) is 13.8 Å². The van der Waals surface area contributed by atoms with Crippen molar-refractivity contribution in [3.05, 3.63) is 0 Å². The Hall–Kier alpha value is -1.46. The summed E-state index contributed by atoms with van der Waals surface area (Å²) in [5.74, 6) is -1.26. The van der Waals surface area contributed by atoms with Crippen LogP contribution < -0.4 is 0 Å². The topological polar surface area (TPSA) is 77.3 Å². The molecule has 56 valence electrons. The molecule has 6 nitrogen and oxygen atoms in total. The Kier molecular flexibility index (Phi) is 3.78. The molecule has 0 aliphatic carbocycles. The molecule has 0 heterocycles. The van der Waals surface area contributed by atoms with Crippen molar-refractivity contribution < 1.29 is 19.3 Å². The van der Waals surface area contributed by atoms with Crippen LogP contribution in [0.2, 0.25) is 0 Å². The van der Waals surface area contributed by atoms with E-state index in [1.807, 2.05) is 0 Å². The van der Waals surface area contributed by atoms with Crippen LogP contribution in [0.4, 0.5) is 0 Å². The average molecular weight is 146 g/mol. The van der Waals surface area contributed by atoms with Gasteiger partial charge in [0.1, 0.15) is 0 Å². The van der Waals surface area contributed by atoms with Crippen molar-refractivity contribution in [2.24, 2.45) is 10.6 Å². The van der Waals surface area contributed by atoms with Crippen LogP contribution >= 0.6 is 0 Å². The van der Waals surface area contributed by atoms with Crippen LogP contribution in [0.1, 0.15) is 13.8 Å². The molecule has 0 N–H and O–H groups in total. The van der Waals surface area contributed by atoms with Gasteiger partial charge in [0.25, 0.3) is 0 Å². The molecule has 0 bridgehead atoms. The molecule has 0 fully saturated rings. The highest BCUT2D eigenvalue weighted by molar-refractivity contribution is 5.66. The van der Waals surface area contributed by atoms with Crippen molar-refractivity contribution in [2.75, 3.05) is 0 Å². The molecule has 0 rings (SSSR count). The van der Waals surface area contributed by atoms with Crippen LogP contribution in [-0.4, -0.2) is 11.9 Å². The first-order valence-corrected chi connectivity index (χ1v) is 2.38. The van der Waals surface area contributed by atoms with Gasteiger partial charge in [0.05, 0.1) is 10.6 Å². The number of hydrogen-bond donors (Lipinski definition) is 0. The third-order valence-electron chi connectivity index (χ3n) is 0.372. The fourth-order valence-electron chi connectivity index (χ4n) is 0.148. The maximum Gasteiger partial charge on any atom is 0.334 e. The molecule has 6 heteroatoms. The molecular formula is C4H6N2O4. The number of rotatable bonds is 2. The third-order valence-corrected chi connectivity index (χ3v) is 0.372. The van der Waals surface area contributed by atoms with Gasteiger partial charge in [0.2, 0.25) is 0 Å². The molecule has 0 atom stereocenters. The van der Waals surface area contributed by atoms with E-state index in [-0.39, 0.29) is 0 Å². The number of nitrogens with zero attached hydrogens (tertiary/aromatic N) is 2. The zero-order chi connectivity index (χ0) is 7.98. The summed E-state index contributed by atoms with van der Waals surface area (Å²) in [4.78, 5) is 27.8. The lowest BCUT2D eigenvalue weighted by atomic mass is 10.8. The SMILES string of the molecule is CC(=O)ON=NOC(C)=O. The van der Waals surface area contributed by atoms with Gasteiger partial charge in [-0.2, -0.15) is 0 Å². The second-order valence-corrected chi connectivity index (χ2v) is 1.33. The van der Waals surface area contributed by atoms with Gasteiger partial charge in [-0.1, -0.05) is 0 Å². The Labute approximate surface area is 56.7 Å². The molecule has 0 aliphatic heterocycles. The van der Waals surface area contributed by atoms with Crippen molar-refractivity contribution in [1.29, 1.82) is 0 Å². The molecule has 0 aromatic rings. The van der Waals surface area contributed by atoms with Crippen LogP contribution in [0.5, 0.6) is 0 Å². The van der Waals surface area contributed by atoms with Crippen molar-refractivity contribution in [3.63, 3.8) is 0 Å². The van der Waals surface area contributed by atoms with E-state index < -0.39 is 11.9 Å². The molecule has 0 saturated carbocycles. The summed E-state index contributed by atoms with van der Waals surface area (Å²) in [5.41, 5.74) is 0. The highest BCUT2D eigenvalue weighted by atomic mass is 16.8. The highest BCUT2D eigenvalue weighted by Gasteiger charge is 1.89. The van der Waals surface area contributed by atoms with Gasteiger partial charge in [-0.05, 0) is 0 Å². The van der Waals surface area contributed by atoms with E-state index in [2.05, 4.69) is 20.2 Å². The standard InChI is InChI=1S/C4H6N2O4/c1-3(7)9-5-6-10-4(2)8/h1-2H3. The number of hydrogen-bond acceptors (Lipinski definition) is 6. The van der Waals surface area contributed by atoms with Gasteiger partial charge in [0, 0.05) is 13.8 Å². The molecule has 0 unspecified atom stereocenters. The minimum atomic E-state index is -0.629. The van der Waals surface area contributed by atoms with E-state index in [4.69, 9.17) is 0 Å². The summed E-state index contributed by atoms with van der Waals surface area (Å²) in [6.45, 7) is 2.29. The normalized spacial score (nSPS) is 9.40. The summed E-state index contributed by atoms with van der Waals surface area (Å²) in [6, 6.07) is 0. The molecule has 0 amide bonds. The van der Waals surface area contributed by atoms with Crippen LogP contribution in [0.3, 0.4) is 0 Å². The highest BCUT2D eigenvalue weighted by Crippen LogP contribution is 1.82. The van der Waals surface area contributed by atoms with Crippen LogP contribution in [0.25, 0.3) is 0 Å². The fourth-order valence-corrected chi connectivity index (χ4v) is 0.148. The monoisotopic (exact) mass is 146 g/mol. The molecule has 0 spiro atoms. The number of carbonyl (C=O) groups is 2. The van der Waals surface area contributed by atoms with E-state index in [9.17, 15) is 9.59 Å². The fraction of sp³-hybridized carbons (Fsp3) is 0.500. The van der Waals surface area contributed by atoms with E-state index in [1.165, 1.54) is 0 Å². The maximum atomic E-state index is 9.97. The zero-order valence-corrected chi connectivity index (χ0v) is 5.53. The molecule has 0 aromatic carbocycles. The summed E-state index contributed by atoms with van der Waals surface area (Å²) in [6.07, 6.45) is 0. The van der Waals surface area contributed by atoms with E-state index in [0.29, 0.717) is 0 Å². The predicted molar refractivity (Wildman–Crippen MR) is 28.4 cm³/mol. The smallest absolute Gasteiger partial charge is 0.298 e. The van der Waals surface area contributed by atoms with Crippen LogP contribution in [0, 0.1) is 0 Å². The van der Waals surface area contributed by atoms with Gasteiger partial charge in [-0.25, -0.2) is 9.59 Å². The lowest BCUT2D eigenvalue weighted by molar-refractivity contribution is -0.150. The van der Waals surface area contributed by atoms with Gasteiger partial charge in [0.15, 0.2) is 0 Å². The Morgan fingerprint density at radius 2 is 1.30 bits per heavy atom. The minimum Gasteiger partial charge on any atom is -0.298 e. The van der Waals surface area contributed by atoms with E-state index in [1.54, 1.807) is 0 Å². The Bertz CT molecular complexity index is 147. The van der Waals surface area contributed by atoms with Crippen LogP contribution in [0.15, 0.2) is 10.6 Å². The molecule has 10 heavy (non-hydrogen) atoms. The predicted octanol–water partition coefficient (Wildman–Crippen LogP) is 0.395. The first-order chi connectivity index (χ1) is 4.63. The quantitative estimate of drug-likeness (QED) is 0.417. The summed E-state index contributed by atoms with van der Waals surface area (Å²) >= 11 is 0. The first-order valence-electron chi connectivity index (χ1n) is 2.38. The van der Waals surface area contributed by atoms with Crippen LogP contribution in [-0.2, 0) is 19.3 Å². The molecular weight excluding hydrogens is 140 g/mol. The molecule has 0 saturated heterocycles. The summed E-state index contributed by atoms with van der Waals surface area (Å²) in [5, 5.41) is 5.49. The second kappa shape index (κ2) is 4.42. The van der Waals surface area contributed by atoms with Crippen molar-refractivity contribution in [3.8, 4) is 0 Å². The zero-order valence-electron chi connectivity index (χ0n) is 5.53. The maximum absolute atomic E-state index is 9.97. The molecule has 0 aliphatic rings. The second-order valence-electron chi connectivity index (χ2n) is 1.33.